The van der Waals surface area contributed by atoms with Crippen LogP contribution in [0.3, 0.4) is 0 Å². The maximum absolute atomic E-state index is 9.88. The van der Waals surface area contributed by atoms with E-state index in [1.54, 1.807) is 11.3 Å². The van der Waals surface area contributed by atoms with E-state index in [1.165, 1.54) is 0 Å². The molecule has 0 bridgehead atoms. The van der Waals surface area contributed by atoms with Gasteiger partial charge in [0, 0.05) is 17.5 Å². The van der Waals surface area contributed by atoms with Gasteiger partial charge in [0.05, 0.1) is 19.3 Å². The van der Waals surface area contributed by atoms with Crippen LogP contribution >= 0.6 is 11.3 Å². The summed E-state index contributed by atoms with van der Waals surface area (Å²) in [6, 6.07) is 4.23. The van der Waals surface area contributed by atoms with Crippen molar-refractivity contribution in [1.82, 2.24) is 5.32 Å². The monoisotopic (exact) mass is 213 g/mol. The minimum Gasteiger partial charge on any atom is -0.388 e. The van der Waals surface area contributed by atoms with Crippen LogP contribution in [0.2, 0.25) is 0 Å². The largest absolute Gasteiger partial charge is 0.388 e. The van der Waals surface area contributed by atoms with E-state index in [9.17, 15) is 5.11 Å². The normalized spacial score (nSPS) is 24.8. The first-order valence-corrected chi connectivity index (χ1v) is 5.77. The van der Waals surface area contributed by atoms with Gasteiger partial charge >= 0.3 is 0 Å². The van der Waals surface area contributed by atoms with E-state index < -0.39 is 0 Å². The van der Waals surface area contributed by atoms with Gasteiger partial charge in [-0.1, -0.05) is 6.07 Å². The molecule has 0 amide bonds. The van der Waals surface area contributed by atoms with Crippen LogP contribution in [-0.2, 0) is 4.74 Å². The third kappa shape index (κ3) is 2.54. The second-order valence-corrected chi connectivity index (χ2v) is 4.47. The van der Waals surface area contributed by atoms with E-state index in [0.717, 1.165) is 24.4 Å². The van der Waals surface area contributed by atoms with Gasteiger partial charge in [-0.15, -0.1) is 11.3 Å². The van der Waals surface area contributed by atoms with Gasteiger partial charge in [0.1, 0.15) is 0 Å². The molecule has 78 valence electrons. The number of aliphatic hydroxyl groups excluding tert-OH is 1. The number of morpholine rings is 1. The Morgan fingerprint density at radius 2 is 2.64 bits per heavy atom. The molecule has 0 saturated carbocycles. The van der Waals surface area contributed by atoms with Gasteiger partial charge < -0.3 is 15.2 Å². The summed E-state index contributed by atoms with van der Waals surface area (Å²) in [5.41, 5.74) is 0. The van der Waals surface area contributed by atoms with Crippen molar-refractivity contribution in [2.75, 3.05) is 19.8 Å². The summed E-state index contributed by atoms with van der Waals surface area (Å²) in [4.78, 5) is 1.04. The Morgan fingerprint density at radius 3 is 3.29 bits per heavy atom. The molecule has 2 N–H and O–H groups in total. The van der Waals surface area contributed by atoms with Crippen LogP contribution in [-0.4, -0.2) is 30.9 Å². The smallest absolute Gasteiger partial charge is 0.0897 e. The van der Waals surface area contributed by atoms with E-state index in [4.69, 9.17) is 4.74 Å². The van der Waals surface area contributed by atoms with Crippen molar-refractivity contribution in [2.45, 2.75) is 18.6 Å². The fourth-order valence-corrected chi connectivity index (χ4v) is 2.36. The number of thiophene rings is 1. The van der Waals surface area contributed by atoms with Crippen LogP contribution in [0, 0.1) is 0 Å². The molecule has 0 unspecified atom stereocenters. The summed E-state index contributed by atoms with van der Waals surface area (Å²) in [6.07, 6.45) is 0.384. The summed E-state index contributed by atoms with van der Waals surface area (Å²) in [5, 5.41) is 15.2. The van der Waals surface area contributed by atoms with E-state index >= 15 is 0 Å². The molecular formula is C10H15NO2S. The summed E-state index contributed by atoms with van der Waals surface area (Å²) in [6.45, 7) is 2.38. The van der Waals surface area contributed by atoms with Gasteiger partial charge in [-0.2, -0.15) is 0 Å². The molecule has 4 heteroatoms. The standard InChI is InChI=1S/C10H15NO2S/c12-9(10-2-1-5-14-10)6-8-7-13-4-3-11-8/h1-2,5,8-9,11-12H,3-4,6-7H2/t8-,9+/m0/s1. The Morgan fingerprint density at radius 1 is 1.71 bits per heavy atom. The molecule has 0 aliphatic carbocycles. The van der Waals surface area contributed by atoms with Crippen LogP contribution in [0.5, 0.6) is 0 Å². The van der Waals surface area contributed by atoms with Crippen molar-refractivity contribution in [3.8, 4) is 0 Å². The van der Waals surface area contributed by atoms with Crippen LogP contribution in [0.1, 0.15) is 17.4 Å². The highest BCUT2D eigenvalue weighted by molar-refractivity contribution is 7.10. The molecule has 1 saturated heterocycles. The van der Waals surface area contributed by atoms with Gasteiger partial charge in [-0.25, -0.2) is 0 Å². The average Bonchev–Trinajstić information content (AvgIpc) is 2.72. The molecule has 1 aliphatic heterocycles. The minimum absolute atomic E-state index is 0.292. The number of hydrogen-bond acceptors (Lipinski definition) is 4. The van der Waals surface area contributed by atoms with Crippen molar-refractivity contribution in [2.24, 2.45) is 0 Å². The quantitative estimate of drug-likeness (QED) is 0.791. The molecule has 2 atom stereocenters. The number of rotatable bonds is 3. The van der Waals surface area contributed by atoms with Crippen LogP contribution in [0.25, 0.3) is 0 Å². The molecule has 2 rings (SSSR count). The highest BCUT2D eigenvalue weighted by Crippen LogP contribution is 2.23. The van der Waals surface area contributed by atoms with Crippen molar-refractivity contribution in [1.29, 1.82) is 0 Å². The van der Waals surface area contributed by atoms with Gasteiger partial charge in [0.25, 0.3) is 0 Å². The second-order valence-electron chi connectivity index (χ2n) is 3.49. The molecule has 14 heavy (non-hydrogen) atoms. The zero-order valence-electron chi connectivity index (χ0n) is 7.98. The van der Waals surface area contributed by atoms with Gasteiger partial charge in [0.2, 0.25) is 0 Å². The molecule has 1 fully saturated rings. The molecule has 1 aromatic rings. The zero-order valence-corrected chi connectivity index (χ0v) is 8.80. The lowest BCUT2D eigenvalue weighted by atomic mass is 10.1. The molecule has 0 spiro atoms. The van der Waals surface area contributed by atoms with Gasteiger partial charge in [0.15, 0.2) is 0 Å². The second kappa shape index (κ2) is 4.89. The van der Waals surface area contributed by atoms with Gasteiger partial charge in [-0.3, -0.25) is 0 Å². The van der Waals surface area contributed by atoms with Crippen molar-refractivity contribution >= 4 is 11.3 Å². The van der Waals surface area contributed by atoms with Crippen LogP contribution in [0.15, 0.2) is 17.5 Å². The molecule has 1 aliphatic rings. The fraction of sp³-hybridized carbons (Fsp3) is 0.600. The molecule has 3 nitrogen and oxygen atoms in total. The lowest BCUT2D eigenvalue weighted by molar-refractivity contribution is 0.0526. The Labute approximate surface area is 87.7 Å². The zero-order chi connectivity index (χ0) is 9.80. The predicted molar refractivity (Wildman–Crippen MR) is 56.5 cm³/mol. The Bertz CT molecular complexity index is 257. The first-order chi connectivity index (χ1) is 6.86. The minimum atomic E-state index is -0.353. The van der Waals surface area contributed by atoms with E-state index in [2.05, 4.69) is 5.32 Å². The van der Waals surface area contributed by atoms with E-state index in [-0.39, 0.29) is 6.10 Å². The molecular weight excluding hydrogens is 198 g/mol. The van der Waals surface area contributed by atoms with Crippen LogP contribution in [0.4, 0.5) is 0 Å². The number of hydrogen-bond donors (Lipinski definition) is 2. The highest BCUT2D eigenvalue weighted by atomic mass is 32.1. The molecule has 0 aromatic carbocycles. The topological polar surface area (TPSA) is 41.5 Å². The maximum Gasteiger partial charge on any atom is 0.0897 e. The number of nitrogens with one attached hydrogen (secondary N) is 1. The summed E-state index contributed by atoms with van der Waals surface area (Å²) in [5.74, 6) is 0. The lowest BCUT2D eigenvalue weighted by Crippen LogP contribution is -2.41. The third-order valence-corrected chi connectivity index (χ3v) is 3.35. The SMILES string of the molecule is O[C@H](C[C@H]1COCCN1)c1cccs1. The Kier molecular flexibility index (Phi) is 3.53. The molecule has 1 aromatic heterocycles. The number of ether oxygens (including phenoxy) is 1. The highest BCUT2D eigenvalue weighted by Gasteiger charge is 2.18. The summed E-state index contributed by atoms with van der Waals surface area (Å²) >= 11 is 1.60. The fourth-order valence-electron chi connectivity index (χ4n) is 1.64. The average molecular weight is 213 g/mol. The van der Waals surface area contributed by atoms with E-state index in [1.807, 2.05) is 17.5 Å². The molecule has 0 radical (unpaired) electrons. The third-order valence-electron chi connectivity index (χ3n) is 2.38. The Balaban J connectivity index is 1.84. The van der Waals surface area contributed by atoms with Crippen molar-refractivity contribution in [3.05, 3.63) is 22.4 Å². The molecule has 2 heterocycles. The first-order valence-electron chi connectivity index (χ1n) is 4.89. The van der Waals surface area contributed by atoms with E-state index in [0.29, 0.717) is 12.6 Å². The predicted octanol–water partition coefficient (Wildman–Crippen LogP) is 1.16. The lowest BCUT2D eigenvalue weighted by Gasteiger charge is -2.25. The summed E-state index contributed by atoms with van der Waals surface area (Å²) in [7, 11) is 0. The maximum atomic E-state index is 9.88. The first kappa shape index (κ1) is 10.1. The van der Waals surface area contributed by atoms with Crippen molar-refractivity contribution < 1.29 is 9.84 Å². The van der Waals surface area contributed by atoms with Crippen LogP contribution < -0.4 is 5.32 Å². The number of aliphatic hydroxyl groups is 1. The Hall–Kier alpha value is -0.420. The van der Waals surface area contributed by atoms with Crippen molar-refractivity contribution in [3.63, 3.8) is 0 Å². The summed E-state index contributed by atoms with van der Waals surface area (Å²) < 4.78 is 5.33. The van der Waals surface area contributed by atoms with Gasteiger partial charge in [-0.05, 0) is 17.9 Å².